The van der Waals surface area contributed by atoms with Gasteiger partial charge in [-0.3, -0.25) is 9.48 Å². The van der Waals surface area contributed by atoms with Gasteiger partial charge in [0.1, 0.15) is 0 Å². The van der Waals surface area contributed by atoms with E-state index in [1.165, 1.54) is 25.7 Å². The second-order valence-electron chi connectivity index (χ2n) is 7.98. The van der Waals surface area contributed by atoms with Crippen molar-refractivity contribution in [1.29, 1.82) is 0 Å². The first kappa shape index (κ1) is 16.5. The number of rotatable bonds is 4. The van der Waals surface area contributed by atoms with Gasteiger partial charge in [-0.25, -0.2) is 0 Å². The largest absolute Gasteiger partial charge is 0.381 e. The summed E-state index contributed by atoms with van der Waals surface area (Å²) >= 11 is 0. The second-order valence-corrected chi connectivity index (χ2v) is 7.98. The fourth-order valence-corrected chi connectivity index (χ4v) is 3.73. The molecule has 1 N–H and O–H groups in total. The topological polar surface area (TPSA) is 56.2 Å². The predicted octanol–water partition coefficient (Wildman–Crippen LogP) is 2.87. The molecule has 0 unspecified atom stereocenters. The average Bonchev–Trinajstić information content (AvgIpc) is 3.14. The summed E-state index contributed by atoms with van der Waals surface area (Å²) in [6.07, 6.45) is 7.73. The predicted molar refractivity (Wildman–Crippen MR) is 89.5 cm³/mol. The number of hydrogen-bond donors (Lipinski definition) is 1. The van der Waals surface area contributed by atoms with Crippen molar-refractivity contribution in [3.63, 3.8) is 0 Å². The van der Waals surface area contributed by atoms with Crippen molar-refractivity contribution in [2.24, 2.45) is 18.4 Å². The third-order valence-corrected chi connectivity index (χ3v) is 5.43. The van der Waals surface area contributed by atoms with Gasteiger partial charge in [-0.1, -0.05) is 13.8 Å². The summed E-state index contributed by atoms with van der Waals surface area (Å²) in [6, 6.07) is 0. The molecule has 0 aromatic carbocycles. The normalized spacial score (nSPS) is 24.7. The Hall–Kier alpha value is -1.36. The molecule has 5 nitrogen and oxygen atoms in total. The van der Waals surface area contributed by atoms with Crippen LogP contribution >= 0.6 is 0 Å². The van der Waals surface area contributed by atoms with Gasteiger partial charge < -0.3 is 10.1 Å². The van der Waals surface area contributed by atoms with E-state index in [-0.39, 0.29) is 11.8 Å². The molecule has 1 aromatic rings. The summed E-state index contributed by atoms with van der Waals surface area (Å²) in [4.78, 5) is 12.6. The van der Waals surface area contributed by atoms with Crippen molar-refractivity contribution in [2.45, 2.75) is 51.9 Å². The maximum Gasteiger partial charge on any atom is 0.254 e. The van der Waals surface area contributed by atoms with E-state index < -0.39 is 0 Å². The molecule has 1 atom stereocenters. The molecule has 3 rings (SSSR count). The molecule has 0 spiro atoms. The summed E-state index contributed by atoms with van der Waals surface area (Å²) in [5.41, 5.74) is 2.09. The lowest BCUT2D eigenvalue weighted by Gasteiger charge is -2.34. The fourth-order valence-electron chi connectivity index (χ4n) is 3.73. The van der Waals surface area contributed by atoms with Crippen LogP contribution in [-0.4, -0.2) is 35.4 Å². The Bertz CT molecular complexity index is 549. The standard InChI is InChI=1S/C18H29N3O2/c1-18(2)7-4-13(5-8-18)10-19-17(22)15-11-21(3)20-16(15)14-6-9-23-12-14/h11,13-14H,4-10,12H2,1-3H3,(H,19,22)/t14-/m1/s1. The lowest BCUT2D eigenvalue weighted by atomic mass is 9.73. The number of carbonyl (C=O) groups excluding carboxylic acids is 1. The van der Waals surface area contributed by atoms with E-state index in [0.717, 1.165) is 30.8 Å². The van der Waals surface area contributed by atoms with Crippen molar-refractivity contribution in [1.82, 2.24) is 15.1 Å². The zero-order valence-electron chi connectivity index (χ0n) is 14.6. The zero-order chi connectivity index (χ0) is 16.4. The quantitative estimate of drug-likeness (QED) is 0.928. The van der Waals surface area contributed by atoms with Crippen LogP contribution in [0.3, 0.4) is 0 Å². The molecule has 2 aliphatic rings. The van der Waals surface area contributed by atoms with Gasteiger partial charge >= 0.3 is 0 Å². The Labute approximate surface area is 138 Å². The minimum absolute atomic E-state index is 0.0184. The van der Waals surface area contributed by atoms with Crippen molar-refractivity contribution < 1.29 is 9.53 Å². The molecule has 1 aliphatic carbocycles. The Balaban J connectivity index is 1.58. The highest BCUT2D eigenvalue weighted by Crippen LogP contribution is 2.37. The van der Waals surface area contributed by atoms with Crippen LogP contribution in [0, 0.1) is 11.3 Å². The molecule has 23 heavy (non-hydrogen) atoms. The summed E-state index contributed by atoms with van der Waals surface area (Å²) in [5, 5.41) is 7.64. The SMILES string of the molecule is Cn1cc(C(=O)NCC2CCC(C)(C)CC2)c([C@@H]2CCOC2)n1. The number of aromatic nitrogens is 2. The Morgan fingerprint density at radius 3 is 2.78 bits per heavy atom. The number of aryl methyl sites for hydroxylation is 1. The van der Waals surface area contributed by atoms with Crippen LogP contribution in [-0.2, 0) is 11.8 Å². The summed E-state index contributed by atoms with van der Waals surface area (Å²) in [7, 11) is 1.87. The molecule has 1 saturated heterocycles. The highest BCUT2D eigenvalue weighted by atomic mass is 16.5. The smallest absolute Gasteiger partial charge is 0.254 e. The van der Waals surface area contributed by atoms with Gasteiger partial charge in [0.05, 0.1) is 17.9 Å². The molecule has 0 radical (unpaired) electrons. The number of amides is 1. The van der Waals surface area contributed by atoms with E-state index in [1.807, 2.05) is 13.2 Å². The third kappa shape index (κ3) is 3.94. The van der Waals surface area contributed by atoms with Gasteiger partial charge in [0.15, 0.2) is 0 Å². The van der Waals surface area contributed by atoms with E-state index in [4.69, 9.17) is 4.74 Å². The van der Waals surface area contributed by atoms with Gasteiger partial charge in [0, 0.05) is 32.3 Å². The molecule has 0 bridgehead atoms. The molecule has 1 aliphatic heterocycles. The van der Waals surface area contributed by atoms with Crippen LogP contribution in [0.5, 0.6) is 0 Å². The molecule has 1 amide bonds. The molecule has 1 saturated carbocycles. The first-order valence-corrected chi connectivity index (χ1v) is 8.84. The minimum atomic E-state index is 0.0184. The third-order valence-electron chi connectivity index (χ3n) is 5.43. The number of hydrogen-bond acceptors (Lipinski definition) is 3. The van der Waals surface area contributed by atoms with E-state index >= 15 is 0 Å². The fraction of sp³-hybridized carbons (Fsp3) is 0.778. The Morgan fingerprint density at radius 2 is 2.13 bits per heavy atom. The van der Waals surface area contributed by atoms with Gasteiger partial charge in [0.2, 0.25) is 0 Å². The second kappa shape index (κ2) is 6.63. The molecular formula is C18H29N3O2. The molecule has 2 heterocycles. The van der Waals surface area contributed by atoms with E-state index in [1.54, 1.807) is 4.68 Å². The van der Waals surface area contributed by atoms with Gasteiger partial charge in [-0.15, -0.1) is 0 Å². The lowest BCUT2D eigenvalue weighted by molar-refractivity contribution is 0.0934. The highest BCUT2D eigenvalue weighted by molar-refractivity contribution is 5.95. The van der Waals surface area contributed by atoms with Gasteiger partial charge in [0.25, 0.3) is 5.91 Å². The van der Waals surface area contributed by atoms with Crippen LogP contribution in [0.15, 0.2) is 6.20 Å². The van der Waals surface area contributed by atoms with E-state index in [2.05, 4.69) is 24.3 Å². The van der Waals surface area contributed by atoms with Crippen molar-refractivity contribution >= 4 is 5.91 Å². The number of nitrogens with one attached hydrogen (secondary N) is 1. The first-order valence-electron chi connectivity index (χ1n) is 8.84. The van der Waals surface area contributed by atoms with Crippen molar-refractivity contribution in [3.8, 4) is 0 Å². The summed E-state index contributed by atoms with van der Waals surface area (Å²) in [5.74, 6) is 0.888. The van der Waals surface area contributed by atoms with Crippen LogP contribution in [0.1, 0.15) is 67.9 Å². The monoisotopic (exact) mass is 319 g/mol. The van der Waals surface area contributed by atoms with Crippen LogP contribution in [0.2, 0.25) is 0 Å². The molecular weight excluding hydrogens is 290 g/mol. The number of ether oxygens (including phenoxy) is 1. The maximum atomic E-state index is 12.6. The average molecular weight is 319 g/mol. The Morgan fingerprint density at radius 1 is 1.39 bits per heavy atom. The molecule has 2 fully saturated rings. The summed E-state index contributed by atoms with van der Waals surface area (Å²) in [6.45, 7) is 6.90. The van der Waals surface area contributed by atoms with Crippen molar-refractivity contribution in [2.75, 3.05) is 19.8 Å². The van der Waals surface area contributed by atoms with Gasteiger partial charge in [-0.2, -0.15) is 5.10 Å². The number of nitrogens with zero attached hydrogens (tertiary/aromatic N) is 2. The maximum absolute atomic E-state index is 12.6. The minimum Gasteiger partial charge on any atom is -0.381 e. The van der Waals surface area contributed by atoms with Crippen LogP contribution < -0.4 is 5.32 Å². The lowest BCUT2D eigenvalue weighted by Crippen LogP contribution is -2.33. The van der Waals surface area contributed by atoms with Crippen LogP contribution in [0.25, 0.3) is 0 Å². The van der Waals surface area contributed by atoms with E-state index in [9.17, 15) is 4.79 Å². The molecule has 5 heteroatoms. The Kier molecular flexibility index (Phi) is 4.76. The van der Waals surface area contributed by atoms with Gasteiger partial charge in [-0.05, 0) is 43.4 Å². The van der Waals surface area contributed by atoms with Crippen molar-refractivity contribution in [3.05, 3.63) is 17.5 Å². The first-order chi connectivity index (χ1) is 10.9. The summed E-state index contributed by atoms with van der Waals surface area (Å²) < 4.78 is 7.19. The molecule has 128 valence electrons. The number of carbonyl (C=O) groups is 1. The zero-order valence-corrected chi connectivity index (χ0v) is 14.6. The molecule has 1 aromatic heterocycles. The van der Waals surface area contributed by atoms with E-state index in [0.29, 0.717) is 17.9 Å². The van der Waals surface area contributed by atoms with Crippen LogP contribution in [0.4, 0.5) is 0 Å². The highest BCUT2D eigenvalue weighted by Gasteiger charge is 2.29.